The fourth-order valence-electron chi connectivity index (χ4n) is 2.85. The van der Waals surface area contributed by atoms with Gasteiger partial charge in [0.15, 0.2) is 5.69 Å². The van der Waals surface area contributed by atoms with E-state index in [1.165, 1.54) is 12.1 Å². The summed E-state index contributed by atoms with van der Waals surface area (Å²) in [6, 6.07) is 9.70. The number of benzene rings is 2. The molecule has 1 aliphatic rings. The number of ether oxygens (including phenoxy) is 2. The zero-order valence-corrected chi connectivity index (χ0v) is 15.2. The van der Waals surface area contributed by atoms with Crippen molar-refractivity contribution in [1.82, 2.24) is 4.37 Å². The maximum atomic E-state index is 10.9. The smallest absolute Gasteiger partial charge is 0.270 e. The minimum absolute atomic E-state index is 0.0103. The number of fused-ring (bicyclic) bond motifs is 2. The average Bonchev–Trinajstić information content (AvgIpc) is 3.02. The van der Waals surface area contributed by atoms with Crippen LogP contribution >= 0.6 is 11.5 Å². The molecule has 0 N–H and O–H groups in total. The molecular formula is C19H13N3O4S. The van der Waals surface area contributed by atoms with Gasteiger partial charge in [0.25, 0.3) is 5.69 Å². The number of hydrogen-bond acceptors (Lipinski definition) is 6. The molecule has 0 atom stereocenters. The van der Waals surface area contributed by atoms with Gasteiger partial charge in [0.1, 0.15) is 17.1 Å². The van der Waals surface area contributed by atoms with E-state index in [9.17, 15) is 10.1 Å². The van der Waals surface area contributed by atoms with Crippen LogP contribution in [0.1, 0.15) is 19.4 Å². The summed E-state index contributed by atoms with van der Waals surface area (Å²) in [6.07, 6.45) is 1.83. The first-order valence-electron chi connectivity index (χ1n) is 8.02. The second-order valence-electron chi connectivity index (χ2n) is 6.53. The van der Waals surface area contributed by atoms with Gasteiger partial charge in [-0.05, 0) is 43.6 Å². The highest BCUT2D eigenvalue weighted by Gasteiger charge is 2.29. The van der Waals surface area contributed by atoms with E-state index in [0.29, 0.717) is 38.7 Å². The lowest BCUT2D eigenvalue weighted by Crippen LogP contribution is -2.29. The van der Waals surface area contributed by atoms with Crippen LogP contribution in [-0.2, 0) is 0 Å². The molecule has 0 amide bonds. The van der Waals surface area contributed by atoms with Gasteiger partial charge in [0.2, 0.25) is 5.88 Å². The minimum atomic E-state index is -0.591. The van der Waals surface area contributed by atoms with Gasteiger partial charge in [0, 0.05) is 23.8 Å². The largest absolute Gasteiger partial charge is 0.483 e. The number of nitro groups is 1. The van der Waals surface area contributed by atoms with Gasteiger partial charge in [-0.2, -0.15) is 4.37 Å². The molecule has 0 spiro atoms. The summed E-state index contributed by atoms with van der Waals surface area (Å²) in [7, 11) is 0. The van der Waals surface area contributed by atoms with E-state index in [0.717, 1.165) is 11.5 Å². The summed E-state index contributed by atoms with van der Waals surface area (Å²) >= 11 is 1.14. The molecule has 8 heteroatoms. The number of rotatable bonds is 3. The SMILES string of the molecule is [C-]#[N+]c1ccc2c(c1)C(Oc1nsc3cc([N+](=O)[O-])ccc13)=CC(C)(C)O2. The van der Waals surface area contributed by atoms with E-state index >= 15 is 0 Å². The zero-order valence-electron chi connectivity index (χ0n) is 14.4. The molecule has 0 saturated carbocycles. The standard InChI is InChI=1S/C19H13N3O4S/c1-19(2)10-16(14-8-11(20-3)4-7-15(14)26-19)25-18-13-6-5-12(22(23)24)9-17(13)27-21-18/h4-10H,1-2H3. The van der Waals surface area contributed by atoms with E-state index in [1.54, 1.807) is 24.3 Å². The van der Waals surface area contributed by atoms with Crippen molar-refractivity contribution in [3.63, 3.8) is 0 Å². The molecule has 3 aromatic rings. The highest BCUT2D eigenvalue weighted by Crippen LogP contribution is 2.41. The van der Waals surface area contributed by atoms with Crippen LogP contribution in [0.5, 0.6) is 11.6 Å². The van der Waals surface area contributed by atoms with Gasteiger partial charge < -0.3 is 9.47 Å². The van der Waals surface area contributed by atoms with E-state index in [1.807, 2.05) is 19.9 Å². The van der Waals surface area contributed by atoms with Crippen molar-refractivity contribution in [3.8, 4) is 11.6 Å². The first kappa shape index (κ1) is 17.0. The lowest BCUT2D eigenvalue weighted by Gasteiger charge is -2.30. The minimum Gasteiger partial charge on any atom is -0.483 e. The van der Waals surface area contributed by atoms with Crippen LogP contribution in [0, 0.1) is 16.7 Å². The molecule has 1 aliphatic heterocycles. The summed E-state index contributed by atoms with van der Waals surface area (Å²) < 4.78 is 17.0. The van der Waals surface area contributed by atoms with Crippen molar-refractivity contribution in [1.29, 1.82) is 0 Å². The van der Waals surface area contributed by atoms with Crippen LogP contribution in [0.25, 0.3) is 20.7 Å². The molecule has 0 radical (unpaired) electrons. The number of hydrogen-bond donors (Lipinski definition) is 0. The van der Waals surface area contributed by atoms with E-state index < -0.39 is 10.5 Å². The predicted molar refractivity (Wildman–Crippen MR) is 102 cm³/mol. The topological polar surface area (TPSA) is 78.9 Å². The molecule has 134 valence electrons. The second-order valence-corrected chi connectivity index (χ2v) is 7.34. The van der Waals surface area contributed by atoms with Gasteiger partial charge in [-0.1, -0.05) is 6.07 Å². The Morgan fingerprint density at radius 2 is 2.11 bits per heavy atom. The van der Waals surface area contributed by atoms with Crippen LogP contribution in [0.3, 0.4) is 0 Å². The normalized spacial score (nSPS) is 14.6. The Hall–Kier alpha value is -3.44. The third-order valence-corrected chi connectivity index (χ3v) is 4.84. The molecule has 27 heavy (non-hydrogen) atoms. The summed E-state index contributed by atoms with van der Waals surface area (Å²) in [5, 5.41) is 11.6. The summed E-state index contributed by atoms with van der Waals surface area (Å²) in [5.41, 5.74) is 0.569. The molecule has 0 aliphatic carbocycles. The summed E-state index contributed by atoms with van der Waals surface area (Å²) in [5.74, 6) is 1.53. The van der Waals surface area contributed by atoms with Crippen LogP contribution in [0.15, 0.2) is 42.5 Å². The van der Waals surface area contributed by atoms with Crippen molar-refractivity contribution in [2.24, 2.45) is 0 Å². The Bertz CT molecular complexity index is 1160. The van der Waals surface area contributed by atoms with Gasteiger partial charge >= 0.3 is 0 Å². The number of nitrogens with zero attached hydrogens (tertiary/aromatic N) is 3. The van der Waals surface area contributed by atoms with Crippen LogP contribution < -0.4 is 9.47 Å². The lowest BCUT2D eigenvalue weighted by molar-refractivity contribution is -0.384. The van der Waals surface area contributed by atoms with E-state index in [2.05, 4.69) is 9.22 Å². The van der Waals surface area contributed by atoms with Crippen molar-refractivity contribution in [2.75, 3.05) is 0 Å². The molecule has 2 heterocycles. The number of nitro benzene ring substituents is 1. The lowest BCUT2D eigenvalue weighted by atomic mass is 10.00. The average molecular weight is 379 g/mol. The van der Waals surface area contributed by atoms with Gasteiger partial charge in [-0.25, -0.2) is 4.85 Å². The maximum Gasteiger partial charge on any atom is 0.270 e. The van der Waals surface area contributed by atoms with Crippen molar-refractivity contribution < 1.29 is 14.4 Å². The Balaban J connectivity index is 1.78. The van der Waals surface area contributed by atoms with Crippen molar-refractivity contribution in [2.45, 2.75) is 19.4 Å². The highest BCUT2D eigenvalue weighted by atomic mass is 32.1. The third kappa shape index (κ3) is 3.09. The monoisotopic (exact) mass is 379 g/mol. The Kier molecular flexibility index (Phi) is 3.82. The first-order valence-corrected chi connectivity index (χ1v) is 8.79. The van der Waals surface area contributed by atoms with E-state index in [-0.39, 0.29) is 5.69 Å². The predicted octanol–water partition coefficient (Wildman–Crippen LogP) is 5.35. The Morgan fingerprint density at radius 1 is 1.30 bits per heavy atom. The molecule has 2 aromatic carbocycles. The van der Waals surface area contributed by atoms with Gasteiger partial charge in [-0.3, -0.25) is 10.1 Å². The Labute approximate surface area is 158 Å². The third-order valence-electron chi connectivity index (χ3n) is 4.05. The molecule has 0 saturated heterocycles. The quantitative estimate of drug-likeness (QED) is 0.348. The molecule has 0 unspecified atom stereocenters. The Morgan fingerprint density at radius 3 is 2.85 bits per heavy atom. The molecule has 4 rings (SSSR count). The highest BCUT2D eigenvalue weighted by molar-refractivity contribution is 7.13. The number of non-ortho nitro benzene ring substituents is 1. The first-order chi connectivity index (χ1) is 12.9. The van der Waals surface area contributed by atoms with Crippen LogP contribution in [0.4, 0.5) is 11.4 Å². The van der Waals surface area contributed by atoms with E-state index in [4.69, 9.17) is 16.0 Å². The van der Waals surface area contributed by atoms with Crippen LogP contribution in [0.2, 0.25) is 0 Å². The fourth-order valence-corrected chi connectivity index (χ4v) is 3.60. The van der Waals surface area contributed by atoms with Crippen molar-refractivity contribution >= 4 is 38.8 Å². The zero-order chi connectivity index (χ0) is 19.2. The van der Waals surface area contributed by atoms with Crippen molar-refractivity contribution in [3.05, 3.63) is 69.6 Å². The number of aromatic nitrogens is 1. The summed E-state index contributed by atoms with van der Waals surface area (Å²) in [4.78, 5) is 14.0. The van der Waals surface area contributed by atoms with Crippen LogP contribution in [-0.4, -0.2) is 14.9 Å². The van der Waals surface area contributed by atoms with Gasteiger partial charge in [0.05, 0.1) is 21.6 Å². The fraction of sp³-hybridized carbons (Fsp3) is 0.158. The molecule has 0 fully saturated rings. The second kappa shape index (κ2) is 6.07. The maximum absolute atomic E-state index is 10.9. The molecule has 0 bridgehead atoms. The molecule has 7 nitrogen and oxygen atoms in total. The molecule has 1 aromatic heterocycles. The summed E-state index contributed by atoms with van der Waals surface area (Å²) in [6.45, 7) is 11.0. The van der Waals surface area contributed by atoms with Gasteiger partial charge in [-0.15, -0.1) is 0 Å². The molecular weight excluding hydrogens is 366 g/mol.